The monoisotopic (exact) mass is 760 g/mol. The molecule has 0 aliphatic carbocycles. The Morgan fingerprint density at radius 3 is 0.943 bits per heavy atom. The lowest BCUT2D eigenvalue weighted by Crippen LogP contribution is -2.15. The van der Waals surface area contributed by atoms with Gasteiger partial charge in [-0.25, -0.2) is 0 Å². The molecule has 0 aliphatic heterocycles. The fourth-order valence-electron chi connectivity index (χ4n) is 5.14. The summed E-state index contributed by atoms with van der Waals surface area (Å²) >= 11 is 0. The van der Waals surface area contributed by atoms with E-state index in [4.69, 9.17) is 47.4 Å². The van der Waals surface area contributed by atoms with E-state index in [-0.39, 0.29) is 5.69 Å². The van der Waals surface area contributed by atoms with Crippen LogP contribution < -0.4 is 4.74 Å². The highest BCUT2D eigenvalue weighted by molar-refractivity contribution is 5.35. The number of nitro benzene ring substituents is 1. The third kappa shape index (κ3) is 36.8. The van der Waals surface area contributed by atoms with E-state index in [1.165, 1.54) is 95.6 Å². The number of nitro groups is 1. The molecule has 0 unspecified atom stereocenters. The first-order valence-electron chi connectivity index (χ1n) is 20.3. The first-order chi connectivity index (χ1) is 26.2. The number of nitrogens with zero attached hydrogens (tertiary/aromatic N) is 1. The molecule has 0 fully saturated rings. The van der Waals surface area contributed by atoms with Crippen molar-refractivity contribution in [3.05, 3.63) is 34.4 Å². The van der Waals surface area contributed by atoms with E-state index in [0.29, 0.717) is 125 Å². The van der Waals surface area contributed by atoms with Gasteiger partial charge < -0.3 is 47.4 Å². The highest BCUT2D eigenvalue weighted by Gasteiger charge is 2.04. The highest BCUT2D eigenvalue weighted by atomic mass is 16.6. The molecule has 13 heteroatoms. The molecule has 0 N–H and O–H groups in total. The van der Waals surface area contributed by atoms with Crippen molar-refractivity contribution in [1.82, 2.24) is 0 Å². The summed E-state index contributed by atoms with van der Waals surface area (Å²) in [4.78, 5) is 10.2. The molecule has 0 amide bonds. The molecule has 1 rings (SSSR count). The van der Waals surface area contributed by atoms with Crippen molar-refractivity contribution in [2.24, 2.45) is 0 Å². The second kappa shape index (κ2) is 41.2. The Kier molecular flexibility index (Phi) is 38.2. The van der Waals surface area contributed by atoms with Crippen LogP contribution in [0.5, 0.6) is 5.75 Å². The zero-order valence-corrected chi connectivity index (χ0v) is 33.0. The molecule has 0 saturated carbocycles. The minimum Gasteiger partial charge on any atom is -0.491 e. The van der Waals surface area contributed by atoms with Gasteiger partial charge in [0.05, 0.1) is 117 Å². The van der Waals surface area contributed by atoms with Gasteiger partial charge in [-0.15, -0.1) is 0 Å². The van der Waals surface area contributed by atoms with Crippen LogP contribution in [0.3, 0.4) is 0 Å². The van der Waals surface area contributed by atoms with Crippen molar-refractivity contribution in [1.29, 1.82) is 0 Å². The Labute approximate surface area is 320 Å². The van der Waals surface area contributed by atoms with Crippen LogP contribution in [0.2, 0.25) is 0 Å². The van der Waals surface area contributed by atoms with Crippen LogP contribution in [0.4, 0.5) is 5.69 Å². The summed E-state index contributed by atoms with van der Waals surface area (Å²) in [5.41, 5.74) is 0.0297. The number of ether oxygens (including phenoxy) is 10. The van der Waals surface area contributed by atoms with E-state index < -0.39 is 4.92 Å². The molecular formula is C40H73NO12. The maximum absolute atomic E-state index is 10.7. The van der Waals surface area contributed by atoms with E-state index in [1.54, 1.807) is 12.1 Å². The van der Waals surface area contributed by atoms with Gasteiger partial charge >= 0.3 is 0 Å². The number of rotatable bonds is 44. The van der Waals surface area contributed by atoms with Crippen LogP contribution in [-0.2, 0) is 42.6 Å². The van der Waals surface area contributed by atoms with E-state index >= 15 is 0 Å². The van der Waals surface area contributed by atoms with E-state index in [0.717, 1.165) is 13.0 Å². The van der Waals surface area contributed by atoms with Crippen molar-refractivity contribution in [2.45, 2.75) is 96.8 Å². The normalized spacial score (nSPS) is 11.4. The molecule has 310 valence electrons. The lowest BCUT2D eigenvalue weighted by molar-refractivity contribution is -0.384. The van der Waals surface area contributed by atoms with Gasteiger partial charge in [0.2, 0.25) is 0 Å². The quantitative estimate of drug-likeness (QED) is 0.0368. The Bertz CT molecular complexity index is 880. The molecule has 0 saturated heterocycles. The predicted molar refractivity (Wildman–Crippen MR) is 206 cm³/mol. The number of benzene rings is 1. The Balaban J connectivity index is 1.63. The summed E-state index contributed by atoms with van der Waals surface area (Å²) in [7, 11) is 0. The van der Waals surface area contributed by atoms with Gasteiger partial charge in [0.25, 0.3) is 5.69 Å². The molecule has 0 heterocycles. The van der Waals surface area contributed by atoms with Crippen LogP contribution in [0.25, 0.3) is 0 Å². The topological polar surface area (TPSA) is 135 Å². The molecule has 0 aliphatic rings. The highest BCUT2D eigenvalue weighted by Crippen LogP contribution is 2.17. The summed E-state index contributed by atoms with van der Waals surface area (Å²) in [5.74, 6) is 0.561. The summed E-state index contributed by atoms with van der Waals surface area (Å²) in [6.45, 7) is 12.1. The molecule has 0 bridgehead atoms. The minimum atomic E-state index is -0.447. The van der Waals surface area contributed by atoms with Gasteiger partial charge in [-0.05, 0) is 18.6 Å². The first-order valence-corrected chi connectivity index (χ1v) is 20.3. The van der Waals surface area contributed by atoms with E-state index in [9.17, 15) is 10.1 Å². The SMILES string of the molecule is CCCCCCCCCCCCCCCCOCCOCCOCCOCCOCCOCCOCCOCCOCCOc1ccc([N+](=O)[O-])cc1. The fraction of sp³-hybridized carbons (Fsp3) is 0.850. The van der Waals surface area contributed by atoms with Gasteiger partial charge in [0.1, 0.15) is 12.4 Å². The number of non-ortho nitro benzene ring substituents is 1. The van der Waals surface area contributed by atoms with Crippen LogP contribution in [-0.4, -0.2) is 130 Å². The fourth-order valence-corrected chi connectivity index (χ4v) is 5.14. The summed E-state index contributed by atoms with van der Waals surface area (Å²) < 4.78 is 55.1. The molecule has 0 spiro atoms. The second-order valence-electron chi connectivity index (χ2n) is 12.7. The number of hydrogen-bond donors (Lipinski definition) is 0. The number of unbranched alkanes of at least 4 members (excludes halogenated alkanes) is 13. The van der Waals surface area contributed by atoms with Crippen LogP contribution in [0.15, 0.2) is 24.3 Å². The molecule has 1 aromatic carbocycles. The van der Waals surface area contributed by atoms with Gasteiger partial charge in [-0.2, -0.15) is 0 Å². The lowest BCUT2D eigenvalue weighted by atomic mass is 10.0. The van der Waals surface area contributed by atoms with Gasteiger partial charge in [0.15, 0.2) is 0 Å². The molecule has 0 radical (unpaired) electrons. The first kappa shape index (κ1) is 49.1. The maximum atomic E-state index is 10.7. The Hall–Kier alpha value is -1.94. The molecule has 0 aromatic heterocycles. The lowest BCUT2D eigenvalue weighted by Gasteiger charge is -2.09. The minimum absolute atomic E-state index is 0.0297. The van der Waals surface area contributed by atoms with E-state index in [2.05, 4.69) is 6.92 Å². The summed E-state index contributed by atoms with van der Waals surface area (Å²) in [6.07, 6.45) is 19.2. The third-order valence-electron chi connectivity index (χ3n) is 8.16. The molecule has 13 nitrogen and oxygen atoms in total. The average Bonchev–Trinajstić information content (AvgIpc) is 3.17. The molecule has 53 heavy (non-hydrogen) atoms. The zero-order chi connectivity index (χ0) is 38.0. The van der Waals surface area contributed by atoms with Crippen molar-refractivity contribution in [3.8, 4) is 5.75 Å². The molecule has 0 atom stereocenters. The maximum Gasteiger partial charge on any atom is 0.269 e. The Morgan fingerprint density at radius 2 is 0.642 bits per heavy atom. The summed E-state index contributed by atoms with van der Waals surface area (Å²) in [5, 5.41) is 10.7. The van der Waals surface area contributed by atoms with Crippen molar-refractivity contribution in [2.75, 3.05) is 126 Å². The van der Waals surface area contributed by atoms with Crippen molar-refractivity contribution in [3.63, 3.8) is 0 Å². The van der Waals surface area contributed by atoms with Gasteiger partial charge in [-0.3, -0.25) is 10.1 Å². The van der Waals surface area contributed by atoms with Crippen LogP contribution in [0.1, 0.15) is 96.8 Å². The van der Waals surface area contributed by atoms with Crippen LogP contribution in [0, 0.1) is 10.1 Å². The zero-order valence-electron chi connectivity index (χ0n) is 33.0. The Morgan fingerprint density at radius 1 is 0.377 bits per heavy atom. The molecule has 1 aromatic rings. The number of hydrogen-bond acceptors (Lipinski definition) is 12. The smallest absolute Gasteiger partial charge is 0.269 e. The largest absolute Gasteiger partial charge is 0.491 e. The second-order valence-corrected chi connectivity index (χ2v) is 12.7. The standard InChI is InChI=1S/C40H73NO12/c1-2-3-4-5-6-7-8-9-10-11-12-13-14-15-20-44-21-22-45-23-24-46-25-26-47-27-28-48-29-30-49-31-32-50-33-34-51-35-36-52-37-38-53-40-18-16-39(17-19-40)41(42)43/h16-19H,2-15,20-38H2,1H3. The van der Waals surface area contributed by atoms with Crippen molar-refractivity contribution >= 4 is 5.69 Å². The van der Waals surface area contributed by atoms with Gasteiger partial charge in [-0.1, -0.05) is 90.4 Å². The van der Waals surface area contributed by atoms with E-state index in [1.807, 2.05) is 0 Å². The molecular weight excluding hydrogens is 686 g/mol. The average molecular weight is 760 g/mol. The van der Waals surface area contributed by atoms with Crippen LogP contribution >= 0.6 is 0 Å². The third-order valence-corrected chi connectivity index (χ3v) is 8.16. The van der Waals surface area contributed by atoms with Crippen molar-refractivity contribution < 1.29 is 52.3 Å². The predicted octanol–water partition coefficient (Wildman–Crippen LogP) is 7.60. The van der Waals surface area contributed by atoms with Gasteiger partial charge in [0, 0.05) is 18.7 Å². The summed E-state index contributed by atoms with van der Waals surface area (Å²) in [6, 6.07) is 5.93.